The van der Waals surface area contributed by atoms with E-state index in [0.717, 1.165) is 70.9 Å². The van der Waals surface area contributed by atoms with E-state index in [4.69, 9.17) is 5.11 Å². The van der Waals surface area contributed by atoms with Gasteiger partial charge in [-0.25, -0.2) is 0 Å². The molecule has 3 aromatic rings. The Balaban J connectivity index is 1.29. The van der Waals surface area contributed by atoms with E-state index < -0.39 is 11.9 Å². The fourth-order valence-corrected chi connectivity index (χ4v) is 7.63. The van der Waals surface area contributed by atoms with E-state index >= 15 is 0 Å². The Hall–Kier alpha value is -3.62. The summed E-state index contributed by atoms with van der Waals surface area (Å²) in [6.07, 6.45) is 25.0. The molecule has 0 fully saturated rings. The molecule has 0 atom stereocenters. The van der Waals surface area contributed by atoms with Gasteiger partial charge in [0.15, 0.2) is 6.54 Å². The second-order valence-electron chi connectivity index (χ2n) is 11.2. The van der Waals surface area contributed by atoms with Crippen molar-refractivity contribution in [2.75, 3.05) is 11.4 Å². The van der Waals surface area contributed by atoms with Crippen molar-refractivity contribution in [2.45, 2.75) is 88.5 Å². The van der Waals surface area contributed by atoms with Gasteiger partial charge in [-0.3, -0.25) is 4.79 Å². The Morgan fingerprint density at radius 3 is 2.27 bits per heavy atom. The van der Waals surface area contributed by atoms with Crippen LogP contribution in [0.2, 0.25) is 0 Å². The predicted molar refractivity (Wildman–Crippen MR) is 185 cm³/mol. The zero-order valence-electron chi connectivity index (χ0n) is 25.9. The van der Waals surface area contributed by atoms with Crippen molar-refractivity contribution < 1.29 is 24.4 Å². The minimum absolute atomic E-state index is 0.157. The molecule has 0 spiro atoms. The van der Waals surface area contributed by atoms with Crippen LogP contribution in [0, 0.1) is 0 Å². The van der Waals surface area contributed by atoms with E-state index in [1.165, 1.54) is 30.8 Å². The van der Waals surface area contributed by atoms with Crippen LogP contribution in [-0.2, 0) is 16.1 Å². The highest BCUT2D eigenvalue weighted by atomic mass is 32.2. The first-order chi connectivity index (χ1) is 22.0. The summed E-state index contributed by atoms with van der Waals surface area (Å²) in [6.45, 7) is 1.90. The number of carbonyl (C=O) groups excluding carboxylic acids is 1. The molecule has 8 heteroatoms. The third kappa shape index (κ3) is 11.4. The third-order valence-corrected chi connectivity index (χ3v) is 9.99. The minimum atomic E-state index is -0.954. The molecule has 0 aliphatic carbocycles. The van der Waals surface area contributed by atoms with Crippen molar-refractivity contribution in [3.63, 3.8) is 0 Å². The number of para-hydroxylation sites is 2. The lowest BCUT2D eigenvalue weighted by atomic mass is 10.1. The fourth-order valence-electron chi connectivity index (χ4n) is 5.43. The number of aryl methyl sites for hydroxylation is 1. The van der Waals surface area contributed by atoms with Gasteiger partial charge in [0.05, 0.1) is 10.7 Å². The molecular formula is C37H44N2O4S2. The molecule has 1 aliphatic heterocycles. The first-order valence-electron chi connectivity index (χ1n) is 16.1. The lowest BCUT2D eigenvalue weighted by Crippen LogP contribution is -2.34. The van der Waals surface area contributed by atoms with Crippen molar-refractivity contribution in [3.8, 4) is 0 Å². The normalized spacial score (nSPS) is 14.1. The molecule has 238 valence electrons. The minimum Gasteiger partial charge on any atom is -0.550 e. The van der Waals surface area contributed by atoms with Crippen molar-refractivity contribution in [1.82, 2.24) is 0 Å². The Morgan fingerprint density at radius 1 is 0.778 bits per heavy atom. The first kappa shape index (κ1) is 34.3. The molecule has 0 saturated carbocycles. The number of rotatable bonds is 20. The van der Waals surface area contributed by atoms with Crippen LogP contribution in [-0.4, -0.2) is 23.6 Å². The van der Waals surface area contributed by atoms with Gasteiger partial charge >= 0.3 is 5.97 Å². The monoisotopic (exact) mass is 644 g/mol. The molecule has 1 aliphatic rings. The highest BCUT2D eigenvalue weighted by molar-refractivity contribution is 8.03. The fraction of sp³-hybridized carbons (Fsp3) is 0.378. The van der Waals surface area contributed by atoms with Gasteiger partial charge < -0.3 is 19.9 Å². The average molecular weight is 645 g/mol. The van der Waals surface area contributed by atoms with E-state index in [1.807, 2.05) is 0 Å². The van der Waals surface area contributed by atoms with Crippen LogP contribution in [0.3, 0.4) is 0 Å². The number of hydrogen-bond donors (Lipinski definition) is 1. The van der Waals surface area contributed by atoms with Gasteiger partial charge in [-0.15, -0.1) is 0 Å². The predicted octanol–water partition coefficient (Wildman–Crippen LogP) is 8.28. The molecule has 0 bridgehead atoms. The average Bonchev–Trinajstić information content (AvgIpc) is 3.56. The largest absolute Gasteiger partial charge is 0.550 e. The SMILES string of the molecule is O=C([O-])CCCCCCC[n+]1c(/C=C/C=C/C=C/C=C2\Sc3ccccc3N2CCCCCCCC(=O)O)sc2ccccc21. The topological polar surface area (TPSA) is 84.5 Å². The van der Waals surface area contributed by atoms with Crippen molar-refractivity contribution in [3.05, 3.63) is 95.0 Å². The molecule has 1 N–H and O–H groups in total. The van der Waals surface area contributed by atoms with Crippen LogP contribution in [0.5, 0.6) is 0 Å². The van der Waals surface area contributed by atoms with Gasteiger partial charge in [-0.05, 0) is 56.4 Å². The number of unbranched alkanes of at least 4 members (excludes halogenated alkanes) is 8. The van der Waals surface area contributed by atoms with Gasteiger partial charge in [-0.2, -0.15) is 4.57 Å². The second kappa shape index (κ2) is 19.0. The standard InChI is InChI=1S/C37H44N2O4S2/c40-36(41)26-12-6-2-8-18-28-38-30-20-14-16-22-32(30)44-34(38)24-10-4-1-5-11-25-35-39(31-21-15-17-23-33(31)45-35)29-19-9-3-7-13-27-37(42)43/h1,4-5,10-11,14-17,20-25H,2-3,6-9,12-13,18-19,26-29H2,(H-,40,41,42,43). The summed E-state index contributed by atoms with van der Waals surface area (Å²) >= 11 is 3.61. The molecule has 0 amide bonds. The first-order valence-corrected chi connectivity index (χ1v) is 17.8. The summed E-state index contributed by atoms with van der Waals surface area (Å²) in [4.78, 5) is 25.0. The number of carbonyl (C=O) groups is 2. The molecule has 0 unspecified atom stereocenters. The number of carboxylic acid groups (broad SMARTS) is 2. The molecule has 4 rings (SSSR count). The number of allylic oxidation sites excluding steroid dienone is 6. The molecule has 45 heavy (non-hydrogen) atoms. The lowest BCUT2D eigenvalue weighted by molar-refractivity contribution is -0.669. The van der Waals surface area contributed by atoms with Gasteiger partial charge in [0, 0.05) is 42.4 Å². The Kier molecular flexibility index (Phi) is 14.5. The van der Waals surface area contributed by atoms with E-state index in [1.54, 1.807) is 23.1 Å². The smallest absolute Gasteiger partial charge is 0.303 e. The van der Waals surface area contributed by atoms with Gasteiger partial charge in [0.1, 0.15) is 4.70 Å². The van der Waals surface area contributed by atoms with Crippen LogP contribution in [0.1, 0.15) is 82.1 Å². The summed E-state index contributed by atoms with van der Waals surface area (Å²) in [5.74, 6) is -1.66. The second-order valence-corrected chi connectivity index (χ2v) is 13.3. The Bertz CT molecular complexity index is 1520. The summed E-state index contributed by atoms with van der Waals surface area (Å²) < 4.78 is 3.67. The molecule has 2 aromatic carbocycles. The number of aliphatic carboxylic acids is 2. The molecule has 2 heterocycles. The number of fused-ring (bicyclic) bond motifs is 2. The number of aromatic nitrogens is 1. The van der Waals surface area contributed by atoms with Crippen LogP contribution in [0.15, 0.2) is 94.9 Å². The van der Waals surface area contributed by atoms with Crippen LogP contribution in [0.25, 0.3) is 16.3 Å². The highest BCUT2D eigenvalue weighted by Gasteiger charge is 2.23. The van der Waals surface area contributed by atoms with Crippen LogP contribution < -0.4 is 14.6 Å². The number of hydrogen-bond acceptors (Lipinski definition) is 6. The third-order valence-electron chi connectivity index (χ3n) is 7.73. The molecular weight excluding hydrogens is 601 g/mol. The Labute approximate surface area is 275 Å². The summed E-state index contributed by atoms with van der Waals surface area (Å²) in [5, 5.41) is 21.9. The molecule has 0 radical (unpaired) electrons. The maximum absolute atomic E-state index is 10.7. The zero-order valence-corrected chi connectivity index (χ0v) is 27.6. The van der Waals surface area contributed by atoms with E-state index in [2.05, 4.69) is 101 Å². The van der Waals surface area contributed by atoms with E-state index in [0.29, 0.717) is 6.42 Å². The van der Waals surface area contributed by atoms with Crippen molar-refractivity contribution >= 4 is 57.0 Å². The van der Waals surface area contributed by atoms with Crippen LogP contribution in [0.4, 0.5) is 5.69 Å². The summed E-state index contributed by atoms with van der Waals surface area (Å²) in [7, 11) is 0. The van der Waals surface area contributed by atoms with Crippen LogP contribution >= 0.6 is 23.1 Å². The number of carboxylic acids is 2. The van der Waals surface area contributed by atoms with Gasteiger partial charge in [0.2, 0.25) is 5.52 Å². The number of thiazole rings is 1. The van der Waals surface area contributed by atoms with Crippen molar-refractivity contribution in [1.29, 1.82) is 0 Å². The number of benzene rings is 2. The zero-order chi connectivity index (χ0) is 31.7. The summed E-state index contributed by atoms with van der Waals surface area (Å²) in [6, 6.07) is 17.1. The highest BCUT2D eigenvalue weighted by Crippen LogP contribution is 2.45. The number of anilines is 1. The lowest BCUT2D eigenvalue weighted by Gasteiger charge is -2.20. The number of nitrogens with zero attached hydrogens (tertiary/aromatic N) is 2. The van der Waals surface area contributed by atoms with E-state index in [-0.39, 0.29) is 12.8 Å². The quantitative estimate of drug-likeness (QED) is 0.0757. The molecule has 0 saturated heterocycles. The number of thioether (sulfide) groups is 1. The molecule has 6 nitrogen and oxygen atoms in total. The molecule has 1 aromatic heterocycles. The maximum atomic E-state index is 10.7. The van der Waals surface area contributed by atoms with Gasteiger partial charge in [-0.1, -0.05) is 110 Å². The van der Waals surface area contributed by atoms with Gasteiger partial charge in [0.25, 0.3) is 5.01 Å². The Morgan fingerprint density at radius 2 is 1.44 bits per heavy atom. The van der Waals surface area contributed by atoms with E-state index in [9.17, 15) is 14.7 Å². The maximum Gasteiger partial charge on any atom is 0.303 e. The van der Waals surface area contributed by atoms with Crippen molar-refractivity contribution in [2.24, 2.45) is 0 Å². The summed E-state index contributed by atoms with van der Waals surface area (Å²) in [5.41, 5.74) is 2.52.